The highest BCUT2D eigenvalue weighted by Crippen LogP contribution is 2.10. The Morgan fingerprint density at radius 2 is 2.33 bits per heavy atom. The highest BCUT2D eigenvalue weighted by molar-refractivity contribution is 4.75. The summed E-state index contributed by atoms with van der Waals surface area (Å²) in [6, 6.07) is 0.558. The van der Waals surface area contributed by atoms with Crippen LogP contribution in [-0.2, 0) is 9.47 Å². The predicted octanol–water partition coefficient (Wildman–Crippen LogP) is 0.742. The van der Waals surface area contributed by atoms with Crippen molar-refractivity contribution in [1.82, 2.24) is 4.90 Å². The number of morpholine rings is 1. The fourth-order valence-electron chi connectivity index (χ4n) is 1.60. The SMILES string of the molecule is CCN1CC(COC)OCC1C. The average molecular weight is 173 g/mol. The fraction of sp³-hybridized carbons (Fsp3) is 1.00. The van der Waals surface area contributed by atoms with Crippen LogP contribution in [0.1, 0.15) is 13.8 Å². The minimum Gasteiger partial charge on any atom is -0.382 e. The molecule has 2 atom stereocenters. The molecule has 0 N–H and O–H groups in total. The number of methoxy groups -OCH3 is 1. The van der Waals surface area contributed by atoms with Crippen LogP contribution in [0.2, 0.25) is 0 Å². The van der Waals surface area contributed by atoms with Crippen LogP contribution in [0.25, 0.3) is 0 Å². The Labute approximate surface area is 74.6 Å². The summed E-state index contributed by atoms with van der Waals surface area (Å²) in [5.41, 5.74) is 0. The van der Waals surface area contributed by atoms with Crippen LogP contribution >= 0.6 is 0 Å². The van der Waals surface area contributed by atoms with Gasteiger partial charge in [0.2, 0.25) is 0 Å². The van der Waals surface area contributed by atoms with Gasteiger partial charge in [0.1, 0.15) is 0 Å². The monoisotopic (exact) mass is 173 g/mol. The van der Waals surface area contributed by atoms with Crippen LogP contribution in [-0.4, -0.2) is 50.5 Å². The summed E-state index contributed by atoms with van der Waals surface area (Å²) in [4.78, 5) is 2.42. The number of ether oxygens (including phenoxy) is 2. The van der Waals surface area contributed by atoms with E-state index in [9.17, 15) is 0 Å². The Bertz CT molecular complexity index is 130. The summed E-state index contributed by atoms with van der Waals surface area (Å²) >= 11 is 0. The average Bonchev–Trinajstić information content (AvgIpc) is 2.09. The van der Waals surface area contributed by atoms with Crippen LogP contribution in [0.4, 0.5) is 0 Å². The van der Waals surface area contributed by atoms with Crippen molar-refractivity contribution in [1.29, 1.82) is 0 Å². The summed E-state index contributed by atoms with van der Waals surface area (Å²) in [6.45, 7) is 8.04. The number of likely N-dealkylation sites (N-methyl/N-ethyl adjacent to an activating group) is 1. The van der Waals surface area contributed by atoms with E-state index in [1.54, 1.807) is 7.11 Å². The van der Waals surface area contributed by atoms with Gasteiger partial charge in [0, 0.05) is 19.7 Å². The lowest BCUT2D eigenvalue weighted by molar-refractivity contribution is -0.0826. The van der Waals surface area contributed by atoms with Crippen molar-refractivity contribution in [3.05, 3.63) is 0 Å². The molecule has 1 heterocycles. The summed E-state index contributed by atoms with van der Waals surface area (Å²) < 4.78 is 10.7. The summed E-state index contributed by atoms with van der Waals surface area (Å²) in [5.74, 6) is 0. The second-order valence-electron chi connectivity index (χ2n) is 3.35. The maximum Gasteiger partial charge on any atom is 0.0935 e. The van der Waals surface area contributed by atoms with Gasteiger partial charge in [0.25, 0.3) is 0 Å². The molecule has 0 aliphatic carbocycles. The molecule has 0 radical (unpaired) electrons. The molecular formula is C9H19NO2. The molecule has 0 spiro atoms. The van der Waals surface area contributed by atoms with Crippen molar-refractivity contribution in [3.63, 3.8) is 0 Å². The molecule has 12 heavy (non-hydrogen) atoms. The molecule has 1 saturated heterocycles. The van der Waals surface area contributed by atoms with Crippen molar-refractivity contribution >= 4 is 0 Å². The summed E-state index contributed by atoms with van der Waals surface area (Å²) in [7, 11) is 1.72. The van der Waals surface area contributed by atoms with Gasteiger partial charge in [-0.25, -0.2) is 0 Å². The molecule has 1 aliphatic rings. The maximum absolute atomic E-state index is 5.60. The molecule has 0 aromatic carbocycles. The largest absolute Gasteiger partial charge is 0.382 e. The Kier molecular flexibility index (Phi) is 3.98. The topological polar surface area (TPSA) is 21.7 Å². The second-order valence-corrected chi connectivity index (χ2v) is 3.35. The molecule has 1 aliphatic heterocycles. The number of nitrogens with zero attached hydrogens (tertiary/aromatic N) is 1. The zero-order chi connectivity index (χ0) is 8.97. The van der Waals surface area contributed by atoms with Gasteiger partial charge >= 0.3 is 0 Å². The van der Waals surface area contributed by atoms with Crippen LogP contribution in [0.5, 0.6) is 0 Å². The molecule has 72 valence electrons. The minimum absolute atomic E-state index is 0.270. The van der Waals surface area contributed by atoms with Gasteiger partial charge in [0.05, 0.1) is 19.3 Å². The Balaban J connectivity index is 2.33. The van der Waals surface area contributed by atoms with E-state index in [0.29, 0.717) is 12.6 Å². The zero-order valence-corrected chi connectivity index (χ0v) is 8.25. The van der Waals surface area contributed by atoms with Gasteiger partial charge in [-0.3, -0.25) is 4.90 Å². The number of hydrogen-bond acceptors (Lipinski definition) is 3. The van der Waals surface area contributed by atoms with E-state index in [1.165, 1.54) is 0 Å². The van der Waals surface area contributed by atoms with Crippen molar-refractivity contribution in [3.8, 4) is 0 Å². The molecule has 0 aromatic rings. The molecule has 0 aromatic heterocycles. The van der Waals surface area contributed by atoms with Gasteiger partial charge in [-0.1, -0.05) is 6.92 Å². The van der Waals surface area contributed by atoms with Crippen LogP contribution in [0, 0.1) is 0 Å². The van der Waals surface area contributed by atoms with E-state index in [4.69, 9.17) is 9.47 Å². The lowest BCUT2D eigenvalue weighted by atomic mass is 10.2. The molecule has 3 nitrogen and oxygen atoms in total. The fourth-order valence-corrected chi connectivity index (χ4v) is 1.60. The molecule has 2 unspecified atom stereocenters. The first kappa shape index (κ1) is 9.96. The van der Waals surface area contributed by atoms with Crippen molar-refractivity contribution < 1.29 is 9.47 Å². The van der Waals surface area contributed by atoms with E-state index in [2.05, 4.69) is 18.7 Å². The van der Waals surface area contributed by atoms with Gasteiger partial charge in [-0.05, 0) is 13.5 Å². The molecular weight excluding hydrogens is 154 g/mol. The minimum atomic E-state index is 0.270. The highest BCUT2D eigenvalue weighted by Gasteiger charge is 2.24. The summed E-state index contributed by atoms with van der Waals surface area (Å²) in [5, 5.41) is 0. The Morgan fingerprint density at radius 3 is 2.92 bits per heavy atom. The predicted molar refractivity (Wildman–Crippen MR) is 48.3 cm³/mol. The Morgan fingerprint density at radius 1 is 1.58 bits per heavy atom. The first-order valence-corrected chi connectivity index (χ1v) is 4.62. The first-order valence-electron chi connectivity index (χ1n) is 4.62. The van der Waals surface area contributed by atoms with Crippen molar-refractivity contribution in [2.45, 2.75) is 26.0 Å². The van der Waals surface area contributed by atoms with Gasteiger partial charge < -0.3 is 9.47 Å². The standard InChI is InChI=1S/C9H19NO2/c1-4-10-5-9(7-11-3)12-6-8(10)2/h8-9H,4-7H2,1-3H3. The number of rotatable bonds is 3. The van der Waals surface area contributed by atoms with Gasteiger partial charge in [-0.15, -0.1) is 0 Å². The normalized spacial score (nSPS) is 32.2. The quantitative estimate of drug-likeness (QED) is 0.628. The third kappa shape index (κ3) is 2.44. The van der Waals surface area contributed by atoms with E-state index in [0.717, 1.165) is 19.7 Å². The summed E-state index contributed by atoms with van der Waals surface area (Å²) in [6.07, 6.45) is 0.270. The zero-order valence-electron chi connectivity index (χ0n) is 8.25. The van der Waals surface area contributed by atoms with Crippen molar-refractivity contribution in [2.24, 2.45) is 0 Å². The smallest absolute Gasteiger partial charge is 0.0935 e. The lowest BCUT2D eigenvalue weighted by Crippen LogP contribution is -2.49. The molecule has 0 bridgehead atoms. The molecule has 3 heteroatoms. The number of hydrogen-bond donors (Lipinski definition) is 0. The molecule has 1 fully saturated rings. The first-order chi connectivity index (χ1) is 5.77. The lowest BCUT2D eigenvalue weighted by Gasteiger charge is -2.36. The molecule has 0 amide bonds. The Hall–Kier alpha value is -0.120. The van der Waals surface area contributed by atoms with Crippen LogP contribution in [0.15, 0.2) is 0 Å². The van der Waals surface area contributed by atoms with E-state index in [1.807, 2.05) is 0 Å². The van der Waals surface area contributed by atoms with E-state index < -0.39 is 0 Å². The highest BCUT2D eigenvalue weighted by atomic mass is 16.5. The third-order valence-corrected chi connectivity index (χ3v) is 2.39. The van der Waals surface area contributed by atoms with Crippen LogP contribution < -0.4 is 0 Å². The van der Waals surface area contributed by atoms with E-state index >= 15 is 0 Å². The van der Waals surface area contributed by atoms with Gasteiger partial charge in [0.15, 0.2) is 0 Å². The van der Waals surface area contributed by atoms with E-state index in [-0.39, 0.29) is 6.10 Å². The van der Waals surface area contributed by atoms with Crippen molar-refractivity contribution in [2.75, 3.05) is 33.4 Å². The maximum atomic E-state index is 5.60. The van der Waals surface area contributed by atoms with Gasteiger partial charge in [-0.2, -0.15) is 0 Å². The molecule has 0 saturated carbocycles. The molecule has 1 rings (SSSR count). The van der Waals surface area contributed by atoms with Crippen LogP contribution in [0.3, 0.4) is 0 Å². The third-order valence-electron chi connectivity index (χ3n) is 2.39. The second kappa shape index (κ2) is 4.80.